The van der Waals surface area contributed by atoms with E-state index in [1.807, 2.05) is 38.1 Å². The van der Waals surface area contributed by atoms with Gasteiger partial charge in [-0.05, 0) is 81.7 Å². The third-order valence-electron chi connectivity index (χ3n) is 6.86. The number of hydrogen-bond donors (Lipinski definition) is 0. The first-order valence-electron chi connectivity index (χ1n) is 14.3. The van der Waals surface area contributed by atoms with Crippen LogP contribution in [-0.2, 0) is 0 Å². The van der Waals surface area contributed by atoms with Gasteiger partial charge in [-0.15, -0.1) is 0 Å². The third-order valence-corrected chi connectivity index (χ3v) is 6.86. The molecule has 0 fully saturated rings. The molecule has 0 nitrogen and oxygen atoms in total. The molecular weight excluding hydrogens is 504 g/mol. The van der Waals surface area contributed by atoms with Gasteiger partial charge in [-0.1, -0.05) is 171 Å². The van der Waals surface area contributed by atoms with Crippen molar-refractivity contribution in [1.82, 2.24) is 0 Å². The molecule has 0 saturated carbocycles. The number of allylic oxidation sites excluding steroid dienone is 12. The average molecular weight is 543 g/mol. The van der Waals surface area contributed by atoms with E-state index in [4.69, 9.17) is 0 Å². The lowest BCUT2D eigenvalue weighted by molar-refractivity contribution is 1.55. The molecule has 206 valence electrons. The van der Waals surface area contributed by atoms with E-state index in [0.29, 0.717) is 0 Å². The Morgan fingerprint density at radius 2 is 0.833 bits per heavy atom. The Labute approximate surface area is 252 Å². The maximum atomic E-state index is 3.92. The Balaban J connectivity index is 1.65. The van der Waals surface area contributed by atoms with E-state index < -0.39 is 0 Å². The maximum absolute atomic E-state index is 3.92. The van der Waals surface area contributed by atoms with Gasteiger partial charge in [-0.2, -0.15) is 0 Å². The Bertz CT molecular complexity index is 1520. The highest BCUT2D eigenvalue weighted by molar-refractivity contribution is 5.94. The van der Waals surface area contributed by atoms with Gasteiger partial charge in [-0.25, -0.2) is 0 Å². The molecule has 4 aromatic carbocycles. The van der Waals surface area contributed by atoms with E-state index in [9.17, 15) is 0 Å². The molecule has 0 unspecified atom stereocenters. The largest absolute Gasteiger partial charge is 0.0990 e. The summed E-state index contributed by atoms with van der Waals surface area (Å²) in [6, 6.07) is 38.5. The number of rotatable bonds is 11. The molecule has 0 heteroatoms. The first-order chi connectivity index (χ1) is 20.7. The molecule has 4 aromatic rings. The van der Waals surface area contributed by atoms with E-state index in [0.717, 1.165) is 33.4 Å². The summed E-state index contributed by atoms with van der Waals surface area (Å²) in [4.78, 5) is 0. The highest BCUT2D eigenvalue weighted by Crippen LogP contribution is 2.30. The molecule has 0 aliphatic rings. The normalized spacial score (nSPS) is 13.1. The third kappa shape index (κ3) is 7.93. The predicted octanol–water partition coefficient (Wildman–Crippen LogP) is 11.8. The number of hydrogen-bond acceptors (Lipinski definition) is 0. The smallest absolute Gasteiger partial charge is 0.0106 e. The van der Waals surface area contributed by atoms with Crippen molar-refractivity contribution in [2.24, 2.45) is 0 Å². The predicted molar refractivity (Wildman–Crippen MR) is 187 cm³/mol. The van der Waals surface area contributed by atoms with Crippen LogP contribution in [0, 0.1) is 0 Å². The summed E-state index contributed by atoms with van der Waals surface area (Å²) in [5, 5.41) is 0. The lowest BCUT2D eigenvalue weighted by Crippen LogP contribution is -1.89. The summed E-state index contributed by atoms with van der Waals surface area (Å²) < 4.78 is 0. The van der Waals surface area contributed by atoms with Crippen LogP contribution >= 0.6 is 0 Å². The second-order valence-corrected chi connectivity index (χ2v) is 9.81. The molecule has 42 heavy (non-hydrogen) atoms. The van der Waals surface area contributed by atoms with Gasteiger partial charge in [0.1, 0.15) is 0 Å². The summed E-state index contributed by atoms with van der Waals surface area (Å²) in [5.41, 5.74) is 11.6. The molecule has 0 radical (unpaired) electrons. The molecule has 0 heterocycles. The van der Waals surface area contributed by atoms with Gasteiger partial charge in [-0.3, -0.25) is 0 Å². The van der Waals surface area contributed by atoms with Gasteiger partial charge in [0.05, 0.1) is 0 Å². The molecule has 0 saturated heterocycles. The first kappa shape index (κ1) is 29.8. The Hall–Kier alpha value is -5.20. The minimum Gasteiger partial charge on any atom is -0.0990 e. The summed E-state index contributed by atoms with van der Waals surface area (Å²) >= 11 is 0. The molecule has 0 bridgehead atoms. The maximum Gasteiger partial charge on any atom is -0.0106 e. The average Bonchev–Trinajstić information content (AvgIpc) is 3.04. The van der Waals surface area contributed by atoms with Crippen LogP contribution in [0.4, 0.5) is 0 Å². The van der Waals surface area contributed by atoms with Crippen LogP contribution in [0.5, 0.6) is 0 Å². The van der Waals surface area contributed by atoms with Crippen LogP contribution < -0.4 is 0 Å². The summed E-state index contributed by atoms with van der Waals surface area (Å²) in [5.74, 6) is 0. The van der Waals surface area contributed by atoms with E-state index in [-0.39, 0.29) is 0 Å². The standard InChI is InChI=1S/C42H38/c1-5-15-37(16-6-2)41(39-19-11-9-12-20-39)31-33-23-27-35(28-24-33)36-29-25-34(26-30-36)32-42(38(17-7-3)18-8-4)40-21-13-10-14-22-40/h5-32H,1,3H2,2,4H3/b16-6-,18-8-,37-15+,38-17+,41-31?,42-32?. The van der Waals surface area contributed by atoms with Crippen molar-refractivity contribution >= 4 is 23.3 Å². The molecule has 0 aliphatic heterocycles. The van der Waals surface area contributed by atoms with Crippen molar-refractivity contribution in [2.45, 2.75) is 13.8 Å². The van der Waals surface area contributed by atoms with Crippen LogP contribution in [0.2, 0.25) is 0 Å². The van der Waals surface area contributed by atoms with Crippen LogP contribution in [0.25, 0.3) is 34.4 Å². The van der Waals surface area contributed by atoms with Crippen LogP contribution in [-0.4, -0.2) is 0 Å². The SMILES string of the molecule is C=C/C=C(\C=C/C)C(=Cc1ccc(-c2ccc(C=C(C(/C=C\C)=C/C=C)c3ccccc3)cc2)cc1)c1ccccc1. The zero-order valence-electron chi connectivity index (χ0n) is 24.6. The molecule has 0 aliphatic carbocycles. The quantitative estimate of drug-likeness (QED) is 0.131. The number of benzene rings is 4. The zero-order chi connectivity index (χ0) is 29.6. The fourth-order valence-electron chi connectivity index (χ4n) is 4.86. The Kier molecular flexibility index (Phi) is 11.0. The highest BCUT2D eigenvalue weighted by Gasteiger charge is 2.08. The van der Waals surface area contributed by atoms with Crippen LogP contribution in [0.1, 0.15) is 36.1 Å². The molecule has 4 rings (SSSR count). The lowest BCUT2D eigenvalue weighted by atomic mass is 9.93. The molecule has 0 atom stereocenters. The van der Waals surface area contributed by atoms with Crippen molar-refractivity contribution in [3.63, 3.8) is 0 Å². The van der Waals surface area contributed by atoms with Crippen LogP contribution in [0.15, 0.2) is 182 Å². The molecule has 0 amide bonds. The minimum atomic E-state index is 1.13. The van der Waals surface area contributed by atoms with Crippen molar-refractivity contribution in [2.75, 3.05) is 0 Å². The first-order valence-corrected chi connectivity index (χ1v) is 14.3. The fraction of sp³-hybridized carbons (Fsp3) is 0.0476. The molecule has 0 spiro atoms. The highest BCUT2D eigenvalue weighted by atomic mass is 14.1. The Morgan fingerprint density at radius 1 is 0.476 bits per heavy atom. The zero-order valence-corrected chi connectivity index (χ0v) is 24.6. The van der Waals surface area contributed by atoms with Gasteiger partial charge in [0.15, 0.2) is 0 Å². The second-order valence-electron chi connectivity index (χ2n) is 9.81. The van der Waals surface area contributed by atoms with Gasteiger partial charge in [0.2, 0.25) is 0 Å². The van der Waals surface area contributed by atoms with Crippen molar-refractivity contribution < 1.29 is 0 Å². The van der Waals surface area contributed by atoms with Gasteiger partial charge < -0.3 is 0 Å². The molecule has 0 aromatic heterocycles. The summed E-state index contributed by atoms with van der Waals surface area (Å²) in [7, 11) is 0. The lowest BCUT2D eigenvalue weighted by Gasteiger charge is -2.11. The second kappa shape index (κ2) is 15.6. The van der Waals surface area contributed by atoms with Gasteiger partial charge in [0.25, 0.3) is 0 Å². The van der Waals surface area contributed by atoms with E-state index >= 15 is 0 Å². The van der Waals surface area contributed by atoms with Crippen LogP contribution in [0.3, 0.4) is 0 Å². The fourth-order valence-corrected chi connectivity index (χ4v) is 4.86. The topological polar surface area (TPSA) is 0 Å². The Morgan fingerprint density at radius 3 is 1.14 bits per heavy atom. The molecule has 0 N–H and O–H groups in total. The van der Waals surface area contributed by atoms with Gasteiger partial charge >= 0.3 is 0 Å². The van der Waals surface area contributed by atoms with Gasteiger partial charge in [0, 0.05) is 0 Å². The van der Waals surface area contributed by atoms with Crippen molar-refractivity contribution in [1.29, 1.82) is 0 Å². The summed E-state index contributed by atoms with van der Waals surface area (Å²) in [6.45, 7) is 11.9. The van der Waals surface area contributed by atoms with E-state index in [2.05, 4.69) is 159 Å². The minimum absolute atomic E-state index is 1.13. The molecular formula is C42H38. The van der Waals surface area contributed by atoms with Crippen molar-refractivity contribution in [3.8, 4) is 11.1 Å². The van der Waals surface area contributed by atoms with E-state index in [1.165, 1.54) is 22.3 Å². The van der Waals surface area contributed by atoms with Crippen molar-refractivity contribution in [3.05, 3.63) is 204 Å². The monoisotopic (exact) mass is 542 g/mol. The summed E-state index contributed by atoms with van der Waals surface area (Å²) in [6.07, 6.45) is 20.7. The van der Waals surface area contributed by atoms with E-state index in [1.54, 1.807) is 0 Å².